The van der Waals surface area contributed by atoms with Gasteiger partial charge in [-0.15, -0.1) is 0 Å². The van der Waals surface area contributed by atoms with Gasteiger partial charge in [-0.05, 0) is 18.4 Å². The molecule has 0 spiro atoms. The van der Waals surface area contributed by atoms with Crippen LogP contribution in [0.15, 0.2) is 30.3 Å². The van der Waals surface area contributed by atoms with Crippen LogP contribution < -0.4 is 0 Å². The molecule has 1 unspecified atom stereocenters. The number of carbonyl (C=O) groups excluding carboxylic acids is 1. The number of nitrogens with zero attached hydrogens (tertiary/aromatic N) is 2. The number of rotatable bonds is 5. The van der Waals surface area contributed by atoms with Gasteiger partial charge in [0.05, 0.1) is 18.4 Å². The highest BCUT2D eigenvalue weighted by atomic mass is 32.2. The van der Waals surface area contributed by atoms with Crippen LogP contribution in [0.2, 0.25) is 0 Å². The second-order valence-electron chi connectivity index (χ2n) is 6.46. The molecule has 1 saturated carbocycles. The van der Waals surface area contributed by atoms with Crippen LogP contribution in [-0.2, 0) is 14.8 Å². The van der Waals surface area contributed by atoms with Crippen molar-refractivity contribution in [3.8, 4) is 0 Å². The molecule has 1 aliphatic carbocycles. The minimum atomic E-state index is -3.55. The zero-order chi connectivity index (χ0) is 17.9. The summed E-state index contributed by atoms with van der Waals surface area (Å²) in [7, 11) is -0.490. The molecule has 134 valence electrons. The maximum Gasteiger partial charge on any atom is 0.245 e. The van der Waals surface area contributed by atoms with Gasteiger partial charge in [-0.1, -0.05) is 43.2 Å². The molecule has 1 aromatic carbocycles. The number of aliphatic hydroxyl groups is 1. The highest BCUT2D eigenvalue weighted by Crippen LogP contribution is 2.28. The summed E-state index contributed by atoms with van der Waals surface area (Å²) in [6.07, 6.45) is 3.83. The standard InChI is InChI=1S/C17H26N2O4S/c1-18(14-11-7-8-12-15(14)20)17(21)16(19(2)24(3,22)23)13-9-5-4-6-10-13/h4-6,9-10,14-16,20H,7-8,11-12H2,1-3H3/t14-,15-,16?/m1/s1. The summed E-state index contributed by atoms with van der Waals surface area (Å²) in [6, 6.07) is 7.67. The molecule has 24 heavy (non-hydrogen) atoms. The van der Waals surface area contributed by atoms with Crippen molar-refractivity contribution >= 4 is 15.9 Å². The Hall–Kier alpha value is -1.44. The number of aliphatic hydroxyl groups excluding tert-OH is 1. The molecule has 1 fully saturated rings. The van der Waals surface area contributed by atoms with Gasteiger partial charge in [0, 0.05) is 14.1 Å². The third-order valence-electron chi connectivity index (χ3n) is 4.77. The van der Waals surface area contributed by atoms with E-state index in [0.29, 0.717) is 12.0 Å². The molecule has 0 radical (unpaired) electrons. The van der Waals surface area contributed by atoms with Gasteiger partial charge in [-0.25, -0.2) is 8.42 Å². The predicted octanol–water partition coefficient (Wildman–Crippen LogP) is 1.38. The molecule has 0 bridgehead atoms. The molecule has 2 rings (SSSR count). The molecule has 3 atom stereocenters. The van der Waals surface area contributed by atoms with Crippen molar-refractivity contribution in [2.45, 2.75) is 43.9 Å². The summed E-state index contributed by atoms with van der Waals surface area (Å²) < 4.78 is 25.1. The molecule has 0 aromatic heterocycles. The number of benzene rings is 1. The molecule has 1 aliphatic rings. The first-order chi connectivity index (χ1) is 11.2. The van der Waals surface area contributed by atoms with Crippen LogP contribution in [0.3, 0.4) is 0 Å². The Bertz CT molecular complexity index is 662. The van der Waals surface area contributed by atoms with Gasteiger partial charge in [0.1, 0.15) is 6.04 Å². The van der Waals surface area contributed by atoms with E-state index in [1.165, 1.54) is 11.9 Å². The van der Waals surface area contributed by atoms with Gasteiger partial charge in [0.25, 0.3) is 0 Å². The molecule has 7 heteroatoms. The molecule has 6 nitrogen and oxygen atoms in total. The third kappa shape index (κ3) is 4.15. The minimum absolute atomic E-state index is 0.273. The number of amides is 1. The fraction of sp³-hybridized carbons (Fsp3) is 0.588. The van der Waals surface area contributed by atoms with Gasteiger partial charge in [0.15, 0.2) is 0 Å². The van der Waals surface area contributed by atoms with Crippen molar-refractivity contribution in [1.82, 2.24) is 9.21 Å². The van der Waals surface area contributed by atoms with Gasteiger partial charge in [-0.3, -0.25) is 4.79 Å². The van der Waals surface area contributed by atoms with Crippen molar-refractivity contribution in [2.24, 2.45) is 0 Å². The summed E-state index contributed by atoms with van der Waals surface area (Å²) in [5.41, 5.74) is 0.618. The highest BCUT2D eigenvalue weighted by molar-refractivity contribution is 7.88. The molecule has 1 amide bonds. The van der Waals surface area contributed by atoms with E-state index in [4.69, 9.17) is 0 Å². The van der Waals surface area contributed by atoms with E-state index in [1.54, 1.807) is 31.3 Å². The Morgan fingerprint density at radius 1 is 1.17 bits per heavy atom. The fourth-order valence-corrected chi connectivity index (χ4v) is 3.83. The first-order valence-electron chi connectivity index (χ1n) is 8.16. The normalized spacial score (nSPS) is 23.0. The van der Waals surface area contributed by atoms with Crippen LogP contribution in [0.1, 0.15) is 37.3 Å². The van der Waals surface area contributed by atoms with Crippen molar-refractivity contribution in [1.29, 1.82) is 0 Å². The van der Waals surface area contributed by atoms with E-state index < -0.39 is 22.2 Å². The summed E-state index contributed by atoms with van der Waals surface area (Å²) in [4.78, 5) is 14.6. The maximum atomic E-state index is 13.1. The van der Waals surface area contributed by atoms with Crippen LogP contribution in [0.5, 0.6) is 0 Å². The van der Waals surface area contributed by atoms with E-state index in [1.807, 2.05) is 6.07 Å². The van der Waals surface area contributed by atoms with Crippen LogP contribution in [0, 0.1) is 0 Å². The molecule has 1 aromatic rings. The first-order valence-corrected chi connectivity index (χ1v) is 10.0. The fourth-order valence-electron chi connectivity index (χ4n) is 3.23. The largest absolute Gasteiger partial charge is 0.391 e. The Morgan fingerprint density at radius 3 is 2.29 bits per heavy atom. The molecular formula is C17H26N2O4S. The third-order valence-corrected chi connectivity index (χ3v) is 6.03. The lowest BCUT2D eigenvalue weighted by molar-refractivity contribution is -0.139. The first kappa shape index (κ1) is 18.9. The summed E-state index contributed by atoms with van der Waals surface area (Å²) in [5, 5.41) is 10.2. The smallest absolute Gasteiger partial charge is 0.245 e. The van der Waals surface area contributed by atoms with Crippen LogP contribution >= 0.6 is 0 Å². The second-order valence-corrected chi connectivity index (χ2v) is 8.50. The van der Waals surface area contributed by atoms with Crippen molar-refractivity contribution in [3.63, 3.8) is 0 Å². The molecular weight excluding hydrogens is 328 g/mol. The number of carbonyl (C=O) groups is 1. The Morgan fingerprint density at radius 2 is 1.75 bits per heavy atom. The summed E-state index contributed by atoms with van der Waals surface area (Å²) >= 11 is 0. The number of likely N-dealkylation sites (N-methyl/N-ethyl adjacent to an activating group) is 2. The molecule has 0 heterocycles. The van der Waals surface area contributed by atoms with Gasteiger partial charge < -0.3 is 10.0 Å². The Kier molecular flexibility index (Phi) is 6.01. The topological polar surface area (TPSA) is 77.9 Å². The lowest BCUT2D eigenvalue weighted by Crippen LogP contribution is -2.50. The zero-order valence-corrected chi connectivity index (χ0v) is 15.2. The van der Waals surface area contributed by atoms with Gasteiger partial charge in [-0.2, -0.15) is 4.31 Å². The molecule has 0 aliphatic heterocycles. The quantitative estimate of drug-likeness (QED) is 0.866. The Labute approximate surface area is 144 Å². The average molecular weight is 354 g/mol. The van der Waals surface area contributed by atoms with Crippen LogP contribution in [-0.4, -0.2) is 61.1 Å². The van der Waals surface area contributed by atoms with Crippen LogP contribution in [0.25, 0.3) is 0 Å². The number of hydrogen-bond acceptors (Lipinski definition) is 4. The zero-order valence-electron chi connectivity index (χ0n) is 14.4. The molecule has 0 saturated heterocycles. The summed E-state index contributed by atoms with van der Waals surface area (Å²) in [5.74, 6) is -0.319. The summed E-state index contributed by atoms with van der Waals surface area (Å²) in [6.45, 7) is 0. The van der Waals surface area contributed by atoms with Crippen LogP contribution in [0.4, 0.5) is 0 Å². The minimum Gasteiger partial charge on any atom is -0.391 e. The van der Waals surface area contributed by atoms with Crippen molar-refractivity contribution < 1.29 is 18.3 Å². The lowest BCUT2D eigenvalue weighted by Gasteiger charge is -2.38. The number of sulfonamides is 1. The van der Waals surface area contributed by atoms with Crippen molar-refractivity contribution in [3.05, 3.63) is 35.9 Å². The van der Waals surface area contributed by atoms with Gasteiger partial charge in [0.2, 0.25) is 15.9 Å². The second kappa shape index (κ2) is 7.63. The maximum absolute atomic E-state index is 13.1. The number of hydrogen-bond donors (Lipinski definition) is 1. The van der Waals surface area contributed by atoms with Crippen molar-refractivity contribution in [2.75, 3.05) is 20.4 Å². The average Bonchev–Trinajstić information content (AvgIpc) is 2.55. The monoisotopic (exact) mass is 354 g/mol. The van der Waals surface area contributed by atoms with E-state index >= 15 is 0 Å². The van der Waals surface area contributed by atoms with E-state index in [0.717, 1.165) is 29.8 Å². The van der Waals surface area contributed by atoms with Gasteiger partial charge >= 0.3 is 0 Å². The predicted molar refractivity (Wildman–Crippen MR) is 92.8 cm³/mol. The van der Waals surface area contributed by atoms with E-state index in [-0.39, 0.29) is 11.9 Å². The molecule has 1 N–H and O–H groups in total. The SMILES string of the molecule is CN(C(=O)C(c1ccccc1)N(C)S(C)(=O)=O)[C@@H]1CCCC[C@H]1O. The lowest BCUT2D eigenvalue weighted by atomic mass is 9.91. The Balaban J connectivity index is 2.34. The highest BCUT2D eigenvalue weighted by Gasteiger charge is 2.37. The van der Waals surface area contributed by atoms with E-state index in [2.05, 4.69) is 0 Å². The van der Waals surface area contributed by atoms with E-state index in [9.17, 15) is 18.3 Å².